The molecule has 7 nitrogen and oxygen atoms in total. The highest BCUT2D eigenvalue weighted by atomic mass is 16.6. The van der Waals surface area contributed by atoms with E-state index in [1.807, 2.05) is 0 Å². The van der Waals surface area contributed by atoms with Gasteiger partial charge in [0, 0.05) is 12.7 Å². The lowest BCUT2D eigenvalue weighted by molar-refractivity contribution is -0.00140. The zero-order valence-corrected chi connectivity index (χ0v) is 12.4. The summed E-state index contributed by atoms with van der Waals surface area (Å²) in [6, 6.07) is 1.66. The Bertz CT molecular complexity index is 413. The summed E-state index contributed by atoms with van der Waals surface area (Å²) in [5, 5.41) is 8.85. The molecule has 0 atom stereocenters. The van der Waals surface area contributed by atoms with E-state index in [0.717, 1.165) is 0 Å². The maximum atomic E-state index is 10.8. The van der Waals surface area contributed by atoms with Crippen molar-refractivity contribution in [3.63, 3.8) is 0 Å². The van der Waals surface area contributed by atoms with E-state index in [-0.39, 0.29) is 12.4 Å². The molecule has 0 fully saturated rings. The van der Waals surface area contributed by atoms with Crippen LogP contribution in [-0.2, 0) is 25.6 Å². The molecule has 0 radical (unpaired) electrons. The van der Waals surface area contributed by atoms with Crippen molar-refractivity contribution in [2.24, 2.45) is 0 Å². The van der Waals surface area contributed by atoms with Gasteiger partial charge in [-0.3, -0.25) is 0 Å². The van der Waals surface area contributed by atoms with E-state index in [1.54, 1.807) is 20.1 Å². The van der Waals surface area contributed by atoms with Gasteiger partial charge in [-0.1, -0.05) is 0 Å². The Balaban J connectivity index is 2.02. The van der Waals surface area contributed by atoms with Crippen molar-refractivity contribution in [1.29, 1.82) is 0 Å². The number of methoxy groups -OCH3 is 1. The summed E-state index contributed by atoms with van der Waals surface area (Å²) < 4.78 is 25.9. The zero-order valence-electron chi connectivity index (χ0n) is 12.4. The van der Waals surface area contributed by atoms with Crippen molar-refractivity contribution in [3.8, 4) is 0 Å². The maximum Gasteiger partial charge on any atom is 0.372 e. The predicted molar refractivity (Wildman–Crippen MR) is 73.6 cm³/mol. The summed E-state index contributed by atoms with van der Waals surface area (Å²) in [5.74, 6) is -0.624. The fourth-order valence-corrected chi connectivity index (χ4v) is 1.59. The van der Waals surface area contributed by atoms with Crippen LogP contribution in [0.1, 0.15) is 21.9 Å². The van der Waals surface area contributed by atoms with Gasteiger partial charge in [-0.05, 0) is 13.0 Å². The Morgan fingerprint density at radius 1 is 1.10 bits per heavy atom. The number of carboxylic acids is 1. The first kappa shape index (κ1) is 17.6. The molecule has 0 spiro atoms. The van der Waals surface area contributed by atoms with Crippen LogP contribution in [0.15, 0.2) is 10.5 Å². The van der Waals surface area contributed by atoms with Crippen molar-refractivity contribution >= 4 is 5.97 Å². The molecule has 120 valence electrons. The smallest absolute Gasteiger partial charge is 0.372 e. The lowest BCUT2D eigenvalue weighted by atomic mass is 10.3. The SMILES string of the molecule is COCCOCCOCCOCc1cc(C)c(C(=O)O)o1. The van der Waals surface area contributed by atoms with Crippen LogP contribution < -0.4 is 0 Å². The van der Waals surface area contributed by atoms with Gasteiger partial charge in [0.2, 0.25) is 5.76 Å². The van der Waals surface area contributed by atoms with E-state index in [0.29, 0.717) is 51.0 Å². The molecule has 1 heterocycles. The molecule has 0 aliphatic heterocycles. The van der Waals surface area contributed by atoms with Crippen LogP contribution in [0.3, 0.4) is 0 Å². The second-order valence-electron chi connectivity index (χ2n) is 4.30. The molecule has 0 aliphatic rings. The third-order valence-electron chi connectivity index (χ3n) is 2.58. The van der Waals surface area contributed by atoms with Crippen LogP contribution in [0.25, 0.3) is 0 Å². The number of carboxylic acid groups (broad SMARTS) is 1. The van der Waals surface area contributed by atoms with Gasteiger partial charge in [0.05, 0.1) is 39.6 Å². The second kappa shape index (κ2) is 10.3. The fraction of sp³-hybridized carbons (Fsp3) is 0.643. The van der Waals surface area contributed by atoms with E-state index >= 15 is 0 Å². The number of furan rings is 1. The van der Waals surface area contributed by atoms with Crippen LogP contribution in [0.5, 0.6) is 0 Å². The Kier molecular flexibility index (Phi) is 8.68. The van der Waals surface area contributed by atoms with Crippen molar-refractivity contribution in [2.75, 3.05) is 46.8 Å². The number of aromatic carboxylic acids is 1. The Labute approximate surface area is 123 Å². The number of hydrogen-bond acceptors (Lipinski definition) is 6. The van der Waals surface area contributed by atoms with Gasteiger partial charge in [-0.2, -0.15) is 0 Å². The number of carbonyl (C=O) groups is 1. The zero-order chi connectivity index (χ0) is 15.5. The first-order valence-electron chi connectivity index (χ1n) is 6.70. The lowest BCUT2D eigenvalue weighted by Gasteiger charge is -2.05. The van der Waals surface area contributed by atoms with Crippen molar-refractivity contribution in [1.82, 2.24) is 0 Å². The van der Waals surface area contributed by atoms with E-state index in [1.165, 1.54) is 0 Å². The summed E-state index contributed by atoms with van der Waals surface area (Å²) in [6.07, 6.45) is 0. The van der Waals surface area contributed by atoms with Crippen molar-refractivity contribution in [2.45, 2.75) is 13.5 Å². The highest BCUT2D eigenvalue weighted by Crippen LogP contribution is 2.15. The number of rotatable bonds is 12. The second-order valence-corrected chi connectivity index (χ2v) is 4.30. The number of aryl methyl sites for hydroxylation is 1. The molecule has 21 heavy (non-hydrogen) atoms. The van der Waals surface area contributed by atoms with E-state index in [2.05, 4.69) is 0 Å². The molecule has 0 unspecified atom stereocenters. The quantitative estimate of drug-likeness (QED) is 0.585. The Morgan fingerprint density at radius 3 is 2.19 bits per heavy atom. The largest absolute Gasteiger partial charge is 0.475 e. The third-order valence-corrected chi connectivity index (χ3v) is 2.58. The minimum Gasteiger partial charge on any atom is -0.475 e. The molecule has 1 aromatic heterocycles. The molecule has 0 saturated carbocycles. The average Bonchev–Trinajstić information content (AvgIpc) is 2.82. The third kappa shape index (κ3) is 7.24. The minimum absolute atomic E-state index is 0.0435. The van der Waals surface area contributed by atoms with Gasteiger partial charge in [0.25, 0.3) is 0 Å². The van der Waals surface area contributed by atoms with Gasteiger partial charge in [0.15, 0.2) is 0 Å². The van der Waals surface area contributed by atoms with E-state index in [4.69, 9.17) is 28.5 Å². The summed E-state index contributed by atoms with van der Waals surface area (Å²) >= 11 is 0. The predicted octanol–water partition coefficient (Wildman–Crippen LogP) is 1.48. The molecule has 7 heteroatoms. The topological polar surface area (TPSA) is 87.4 Å². The average molecular weight is 302 g/mol. The summed E-state index contributed by atoms with van der Waals surface area (Å²) in [5.41, 5.74) is 0.588. The lowest BCUT2D eigenvalue weighted by Crippen LogP contribution is -2.11. The summed E-state index contributed by atoms with van der Waals surface area (Å²) in [6.45, 7) is 4.90. The van der Waals surface area contributed by atoms with Gasteiger partial charge in [0.1, 0.15) is 12.4 Å². The van der Waals surface area contributed by atoms with E-state index in [9.17, 15) is 4.79 Å². The molecular weight excluding hydrogens is 280 g/mol. The highest BCUT2D eigenvalue weighted by Gasteiger charge is 2.13. The molecular formula is C14H22O7. The molecule has 0 amide bonds. The van der Waals surface area contributed by atoms with Crippen molar-refractivity contribution < 1.29 is 33.3 Å². The number of ether oxygens (including phenoxy) is 4. The van der Waals surface area contributed by atoms with Gasteiger partial charge < -0.3 is 28.5 Å². The first-order chi connectivity index (χ1) is 10.1. The van der Waals surface area contributed by atoms with Gasteiger partial charge in [-0.15, -0.1) is 0 Å². The van der Waals surface area contributed by atoms with Gasteiger partial charge in [-0.25, -0.2) is 4.79 Å². The van der Waals surface area contributed by atoms with Gasteiger partial charge >= 0.3 is 5.97 Å². The monoisotopic (exact) mass is 302 g/mol. The van der Waals surface area contributed by atoms with Crippen LogP contribution in [0.2, 0.25) is 0 Å². The Hall–Kier alpha value is -1.41. The fourth-order valence-electron chi connectivity index (χ4n) is 1.59. The van der Waals surface area contributed by atoms with Crippen LogP contribution in [-0.4, -0.2) is 57.8 Å². The highest BCUT2D eigenvalue weighted by molar-refractivity contribution is 5.86. The van der Waals surface area contributed by atoms with E-state index < -0.39 is 5.97 Å². The number of hydrogen-bond donors (Lipinski definition) is 1. The summed E-state index contributed by atoms with van der Waals surface area (Å²) in [4.78, 5) is 10.8. The van der Waals surface area contributed by atoms with Crippen LogP contribution >= 0.6 is 0 Å². The molecule has 1 rings (SSSR count). The van der Waals surface area contributed by atoms with Crippen LogP contribution in [0.4, 0.5) is 0 Å². The standard InChI is InChI=1S/C14H22O7/c1-11-9-12(21-13(11)14(15)16)10-20-8-7-19-6-5-18-4-3-17-2/h9H,3-8,10H2,1-2H3,(H,15,16). The summed E-state index contributed by atoms with van der Waals surface area (Å²) in [7, 11) is 1.62. The maximum absolute atomic E-state index is 10.8. The molecule has 0 aromatic carbocycles. The molecule has 1 N–H and O–H groups in total. The van der Waals surface area contributed by atoms with Crippen molar-refractivity contribution in [3.05, 3.63) is 23.2 Å². The van der Waals surface area contributed by atoms with Crippen LogP contribution in [0, 0.1) is 6.92 Å². The molecule has 1 aromatic rings. The Morgan fingerprint density at radius 2 is 1.67 bits per heavy atom. The first-order valence-corrected chi connectivity index (χ1v) is 6.70. The molecule has 0 aliphatic carbocycles. The molecule has 0 bridgehead atoms. The normalized spacial score (nSPS) is 11.0. The minimum atomic E-state index is -1.07. The molecule has 0 saturated heterocycles.